The molecule has 0 spiro atoms. The van der Waals surface area contributed by atoms with E-state index in [0.717, 1.165) is 15.8 Å². The second kappa shape index (κ2) is 9.96. The highest BCUT2D eigenvalue weighted by atomic mass is 32.2. The predicted octanol–water partition coefficient (Wildman–Crippen LogP) is 1.97. The smallest absolute Gasteiger partial charge is 0.240 e. The van der Waals surface area contributed by atoms with E-state index in [2.05, 4.69) is 20.3 Å². The first-order valence-electron chi connectivity index (χ1n) is 8.95. The first kappa shape index (κ1) is 21.4. The van der Waals surface area contributed by atoms with E-state index in [4.69, 9.17) is 5.26 Å². The van der Waals surface area contributed by atoms with E-state index in [1.54, 1.807) is 12.3 Å². The minimum absolute atomic E-state index is 0.0357. The summed E-state index contributed by atoms with van der Waals surface area (Å²) in [6, 6.07) is 15.3. The van der Waals surface area contributed by atoms with E-state index in [9.17, 15) is 13.8 Å². The van der Waals surface area contributed by atoms with Crippen LogP contribution in [0.25, 0.3) is 21.3 Å². The summed E-state index contributed by atoms with van der Waals surface area (Å²) in [6.07, 6.45) is 1.59. The summed E-state index contributed by atoms with van der Waals surface area (Å²) in [5, 5.41) is 13.9. The van der Waals surface area contributed by atoms with Crippen molar-refractivity contribution in [2.75, 3.05) is 24.1 Å². The second-order valence-electron chi connectivity index (χ2n) is 6.28. The van der Waals surface area contributed by atoms with Crippen LogP contribution in [0.1, 0.15) is 5.01 Å². The first-order valence-corrected chi connectivity index (χ1v) is 11.3. The average Bonchev–Trinajstić information content (AvgIpc) is 3.11. The van der Waals surface area contributed by atoms with Gasteiger partial charge in [-0.2, -0.15) is 5.26 Å². The largest absolute Gasteiger partial charge is 0.347 e. The van der Waals surface area contributed by atoms with Crippen molar-refractivity contribution in [3.05, 3.63) is 47.5 Å². The number of rotatable bonds is 8. The highest BCUT2D eigenvalue weighted by Gasteiger charge is 2.14. The van der Waals surface area contributed by atoms with Gasteiger partial charge in [0.25, 0.3) is 0 Å². The van der Waals surface area contributed by atoms with Crippen LogP contribution in [0, 0.1) is 11.3 Å². The molecule has 3 N–H and O–H groups in total. The van der Waals surface area contributed by atoms with Gasteiger partial charge in [0.15, 0.2) is 0 Å². The average molecular weight is 442 g/mol. The molecule has 0 saturated heterocycles. The van der Waals surface area contributed by atoms with Crippen LogP contribution in [0.4, 0.5) is 5.69 Å². The number of anilines is 1. The number of amides is 2. The fourth-order valence-electron chi connectivity index (χ4n) is 2.77. The van der Waals surface area contributed by atoms with Crippen LogP contribution >= 0.6 is 11.3 Å². The fraction of sp³-hybridized carbons (Fsp3) is 0.200. The number of carbonyl (C=O) groups excluding carboxylic acids is 2. The Morgan fingerprint density at radius 1 is 1.17 bits per heavy atom. The fourth-order valence-corrected chi connectivity index (χ4v) is 4.24. The van der Waals surface area contributed by atoms with Crippen molar-refractivity contribution in [1.29, 1.82) is 5.26 Å². The lowest BCUT2D eigenvalue weighted by atomic mass is 10.0. The molecule has 1 aromatic heterocycles. The van der Waals surface area contributed by atoms with Gasteiger partial charge in [0, 0.05) is 11.8 Å². The monoisotopic (exact) mass is 441 g/mol. The van der Waals surface area contributed by atoms with E-state index in [0.29, 0.717) is 16.2 Å². The molecule has 1 heterocycles. The second-order valence-corrected chi connectivity index (χ2v) is 8.51. The molecule has 3 aromatic rings. The van der Waals surface area contributed by atoms with Gasteiger partial charge in [-0.3, -0.25) is 9.59 Å². The Morgan fingerprint density at radius 3 is 2.63 bits per heavy atom. The lowest BCUT2D eigenvalue weighted by Crippen LogP contribution is -2.37. The van der Waals surface area contributed by atoms with Crippen LogP contribution in [0.15, 0.2) is 42.5 Å². The number of nitrogens with one attached hydrogen (secondary N) is 3. The molecule has 1 unspecified atom stereocenters. The van der Waals surface area contributed by atoms with Crippen LogP contribution in [0.3, 0.4) is 0 Å². The summed E-state index contributed by atoms with van der Waals surface area (Å²) in [5.41, 5.74) is 3.27. The van der Waals surface area contributed by atoms with Crippen molar-refractivity contribution in [3.8, 4) is 17.2 Å². The molecule has 10 heteroatoms. The Labute approximate surface area is 179 Å². The molecule has 3 rings (SSSR count). The van der Waals surface area contributed by atoms with E-state index >= 15 is 0 Å². The van der Waals surface area contributed by atoms with Gasteiger partial charge in [0.2, 0.25) is 11.8 Å². The van der Waals surface area contributed by atoms with Crippen LogP contribution < -0.4 is 15.4 Å². The summed E-state index contributed by atoms with van der Waals surface area (Å²) in [6.45, 7) is -0.296. The van der Waals surface area contributed by atoms with Crippen molar-refractivity contribution in [1.82, 2.24) is 15.6 Å². The molecule has 0 aliphatic rings. The summed E-state index contributed by atoms with van der Waals surface area (Å²) in [5.74, 6) is -0.762. The van der Waals surface area contributed by atoms with Crippen LogP contribution in [0.5, 0.6) is 0 Å². The highest BCUT2D eigenvalue weighted by molar-refractivity contribution is 7.85. The Kier molecular flexibility index (Phi) is 7.11. The topological polar surface area (TPSA) is 124 Å². The first-order chi connectivity index (χ1) is 14.5. The van der Waals surface area contributed by atoms with Gasteiger partial charge >= 0.3 is 0 Å². The Hall–Kier alpha value is -3.29. The predicted molar refractivity (Wildman–Crippen MR) is 118 cm³/mol. The molecule has 8 nitrogen and oxygen atoms in total. The lowest BCUT2D eigenvalue weighted by Gasteiger charge is -2.10. The minimum atomic E-state index is -1.25. The van der Waals surface area contributed by atoms with Crippen molar-refractivity contribution in [2.24, 2.45) is 0 Å². The van der Waals surface area contributed by atoms with Crippen LogP contribution in [0.2, 0.25) is 0 Å². The quantitative estimate of drug-likeness (QED) is 0.461. The number of hydrogen-bond acceptors (Lipinski definition) is 6. The zero-order valence-corrected chi connectivity index (χ0v) is 17.7. The van der Waals surface area contributed by atoms with E-state index in [1.165, 1.54) is 11.3 Å². The lowest BCUT2D eigenvalue weighted by molar-refractivity contribution is -0.125. The number of benzene rings is 2. The summed E-state index contributed by atoms with van der Waals surface area (Å²) < 4.78 is 15.6. The number of carbonyl (C=O) groups is 2. The normalized spacial score (nSPS) is 11.5. The number of nitrogens with zero attached hydrogens (tertiary/aromatic N) is 2. The maximum atomic E-state index is 12.1. The van der Waals surface area contributed by atoms with Gasteiger partial charge < -0.3 is 15.4 Å². The zero-order chi connectivity index (χ0) is 21.5. The Bertz CT molecular complexity index is 1140. The highest BCUT2D eigenvalue weighted by Crippen LogP contribution is 2.35. The molecule has 0 fully saturated rings. The molecular weight excluding hydrogens is 422 g/mol. The number of aromatic nitrogens is 1. The van der Waals surface area contributed by atoms with Gasteiger partial charge in [0.05, 0.1) is 34.9 Å². The Balaban J connectivity index is 1.80. The third-order valence-corrected chi connectivity index (χ3v) is 5.56. The molecule has 1 atom stereocenters. The molecular formula is C20H19N5O3S2. The zero-order valence-electron chi connectivity index (χ0n) is 16.1. The molecule has 0 aliphatic carbocycles. The molecule has 0 radical (unpaired) electrons. The van der Waals surface area contributed by atoms with E-state index < -0.39 is 16.9 Å². The van der Waals surface area contributed by atoms with Gasteiger partial charge in [-0.25, -0.2) is 9.19 Å². The third-order valence-electron chi connectivity index (χ3n) is 4.03. The maximum absolute atomic E-state index is 12.1. The molecule has 30 heavy (non-hydrogen) atoms. The Morgan fingerprint density at radius 2 is 1.93 bits per heavy atom. The number of thiazole rings is 1. The van der Waals surface area contributed by atoms with Gasteiger partial charge in [-0.05, 0) is 17.7 Å². The van der Waals surface area contributed by atoms with Crippen molar-refractivity contribution < 1.29 is 13.8 Å². The number of fused-ring (bicyclic) bond motifs is 1. The van der Waals surface area contributed by atoms with Gasteiger partial charge in [0.1, 0.15) is 22.5 Å². The van der Waals surface area contributed by atoms with Crippen LogP contribution in [-0.2, 0) is 27.0 Å². The number of nitriles is 1. The van der Waals surface area contributed by atoms with Gasteiger partial charge in [-0.15, -0.1) is 11.3 Å². The van der Waals surface area contributed by atoms with Crippen molar-refractivity contribution in [2.45, 2.75) is 6.42 Å². The number of hydrogen-bond donors (Lipinski definition) is 3. The summed E-state index contributed by atoms with van der Waals surface area (Å²) in [7, 11) is -1.25. The van der Waals surface area contributed by atoms with E-state index in [1.807, 2.05) is 42.5 Å². The van der Waals surface area contributed by atoms with Crippen molar-refractivity contribution in [3.63, 3.8) is 0 Å². The van der Waals surface area contributed by atoms with Gasteiger partial charge in [-0.1, -0.05) is 30.3 Å². The molecule has 2 aromatic carbocycles. The SMILES string of the molecule is CS(=O)Nc1cc2nc(CC(=O)NCC(=O)NCC#N)sc2cc1-c1ccccc1. The molecule has 0 aliphatic heterocycles. The minimum Gasteiger partial charge on any atom is -0.347 e. The maximum Gasteiger partial charge on any atom is 0.240 e. The molecule has 154 valence electrons. The van der Waals surface area contributed by atoms with E-state index in [-0.39, 0.29) is 25.4 Å². The molecule has 0 bridgehead atoms. The van der Waals surface area contributed by atoms with Crippen LogP contribution in [-0.4, -0.2) is 40.4 Å². The molecule has 0 saturated carbocycles. The third kappa shape index (κ3) is 5.62. The standard InChI is InChI=1S/C20H19N5O3S2/c1-30(28)25-15-10-16-17(9-14(15)13-5-3-2-4-6-13)29-20(24-16)11-18(26)23-12-19(27)22-8-7-21/h2-6,9-10,25H,8,11-12H2,1H3,(H,22,27)(H,23,26). The van der Waals surface area contributed by atoms with Crippen molar-refractivity contribution >= 4 is 50.0 Å². The summed E-state index contributed by atoms with van der Waals surface area (Å²) in [4.78, 5) is 28.1. The molecule has 2 amide bonds. The summed E-state index contributed by atoms with van der Waals surface area (Å²) >= 11 is 1.39.